The molecule has 0 atom stereocenters. The Hall–Kier alpha value is -3.12. The highest BCUT2D eigenvalue weighted by Crippen LogP contribution is 2.30. The van der Waals surface area contributed by atoms with Crippen LogP contribution in [0.4, 0.5) is 0 Å². The molecule has 3 heteroatoms. The minimum atomic E-state index is 0.580. The van der Waals surface area contributed by atoms with E-state index in [2.05, 4.69) is 29.3 Å². The first-order valence-electron chi connectivity index (χ1n) is 6.64. The Morgan fingerprint density at radius 3 is 2.71 bits per heavy atom. The molecule has 98 valence electrons. The quantitative estimate of drug-likeness (QED) is 0.511. The van der Waals surface area contributed by atoms with Gasteiger partial charge in [0, 0.05) is 5.56 Å². The van der Waals surface area contributed by atoms with E-state index in [0.717, 1.165) is 16.3 Å². The highest BCUT2D eigenvalue weighted by Gasteiger charge is 2.11. The van der Waals surface area contributed by atoms with E-state index < -0.39 is 0 Å². The van der Waals surface area contributed by atoms with Gasteiger partial charge >= 0.3 is 0 Å². The predicted molar refractivity (Wildman–Crippen MR) is 81.7 cm³/mol. The second kappa shape index (κ2) is 4.46. The van der Waals surface area contributed by atoms with Gasteiger partial charge in [0.1, 0.15) is 5.52 Å². The zero-order valence-electron chi connectivity index (χ0n) is 11.1. The number of hydrogen-bond acceptors (Lipinski definition) is 3. The SMILES string of the molecule is N#Cc1ccc2oc(-c3cccc4ccccc34)nc2c1. The molecule has 0 radical (unpaired) electrons. The van der Waals surface area contributed by atoms with Gasteiger partial charge in [-0.3, -0.25) is 0 Å². The van der Waals surface area contributed by atoms with Gasteiger partial charge in [-0.2, -0.15) is 5.26 Å². The Bertz CT molecular complexity index is 1000. The Morgan fingerprint density at radius 1 is 0.952 bits per heavy atom. The molecular formula is C18H10N2O. The standard InChI is InChI=1S/C18H10N2O/c19-11-12-8-9-17-16(10-12)20-18(21-17)15-7-3-5-13-4-1-2-6-14(13)15/h1-10H. The fourth-order valence-corrected chi connectivity index (χ4v) is 2.52. The molecule has 0 N–H and O–H groups in total. The molecule has 0 saturated heterocycles. The normalized spacial score (nSPS) is 10.8. The molecule has 4 aromatic rings. The number of rotatable bonds is 1. The molecule has 1 heterocycles. The van der Waals surface area contributed by atoms with Crippen molar-refractivity contribution in [3.63, 3.8) is 0 Å². The van der Waals surface area contributed by atoms with Crippen molar-refractivity contribution in [2.24, 2.45) is 0 Å². The number of hydrogen-bond donors (Lipinski definition) is 0. The average Bonchev–Trinajstić information content (AvgIpc) is 2.97. The zero-order valence-corrected chi connectivity index (χ0v) is 11.1. The van der Waals surface area contributed by atoms with Crippen molar-refractivity contribution in [2.75, 3.05) is 0 Å². The summed E-state index contributed by atoms with van der Waals surface area (Å²) >= 11 is 0. The van der Waals surface area contributed by atoms with Crippen LogP contribution in [-0.4, -0.2) is 4.98 Å². The van der Waals surface area contributed by atoms with Gasteiger partial charge in [0.25, 0.3) is 0 Å². The molecule has 0 aliphatic heterocycles. The maximum Gasteiger partial charge on any atom is 0.227 e. The Morgan fingerprint density at radius 2 is 1.81 bits per heavy atom. The summed E-state index contributed by atoms with van der Waals surface area (Å²) in [5.41, 5.74) is 2.94. The maximum atomic E-state index is 8.95. The summed E-state index contributed by atoms with van der Waals surface area (Å²) in [7, 11) is 0. The first-order valence-corrected chi connectivity index (χ1v) is 6.64. The van der Waals surface area contributed by atoms with Crippen molar-refractivity contribution in [2.45, 2.75) is 0 Å². The summed E-state index contributed by atoms with van der Waals surface area (Å²) in [5, 5.41) is 11.2. The molecule has 0 unspecified atom stereocenters. The largest absolute Gasteiger partial charge is 0.436 e. The van der Waals surface area contributed by atoms with E-state index >= 15 is 0 Å². The van der Waals surface area contributed by atoms with E-state index in [0.29, 0.717) is 22.6 Å². The smallest absolute Gasteiger partial charge is 0.227 e. The van der Waals surface area contributed by atoms with Crippen LogP contribution in [0.1, 0.15) is 5.56 Å². The molecule has 4 rings (SSSR count). The van der Waals surface area contributed by atoms with Gasteiger partial charge in [-0.1, -0.05) is 36.4 Å². The first-order chi connectivity index (χ1) is 10.3. The van der Waals surface area contributed by atoms with Crippen LogP contribution in [0.3, 0.4) is 0 Å². The molecule has 0 aliphatic rings. The van der Waals surface area contributed by atoms with Crippen LogP contribution in [0, 0.1) is 11.3 Å². The predicted octanol–water partition coefficient (Wildman–Crippen LogP) is 4.52. The summed E-state index contributed by atoms with van der Waals surface area (Å²) in [6.45, 7) is 0. The number of aromatic nitrogens is 1. The number of fused-ring (bicyclic) bond motifs is 2. The van der Waals surface area contributed by atoms with E-state index in [-0.39, 0.29) is 0 Å². The highest BCUT2D eigenvalue weighted by atomic mass is 16.3. The van der Waals surface area contributed by atoms with E-state index in [1.54, 1.807) is 18.2 Å². The molecule has 1 aromatic heterocycles. The van der Waals surface area contributed by atoms with Crippen LogP contribution < -0.4 is 0 Å². The first kappa shape index (κ1) is 11.7. The lowest BCUT2D eigenvalue weighted by Gasteiger charge is -2.01. The molecule has 0 aliphatic carbocycles. The van der Waals surface area contributed by atoms with Crippen LogP contribution in [0.5, 0.6) is 0 Å². The van der Waals surface area contributed by atoms with E-state index in [4.69, 9.17) is 9.68 Å². The third-order valence-electron chi connectivity index (χ3n) is 3.54. The van der Waals surface area contributed by atoms with Crippen LogP contribution in [0.2, 0.25) is 0 Å². The Labute approximate surface area is 121 Å². The maximum absolute atomic E-state index is 8.95. The van der Waals surface area contributed by atoms with Gasteiger partial charge in [0.2, 0.25) is 5.89 Å². The molecule has 0 saturated carbocycles. The van der Waals surface area contributed by atoms with Crippen molar-refractivity contribution in [1.29, 1.82) is 5.26 Å². The monoisotopic (exact) mass is 270 g/mol. The van der Waals surface area contributed by atoms with Crippen LogP contribution in [0.25, 0.3) is 33.3 Å². The fourth-order valence-electron chi connectivity index (χ4n) is 2.52. The van der Waals surface area contributed by atoms with Gasteiger partial charge in [0.15, 0.2) is 5.58 Å². The second-order valence-corrected chi connectivity index (χ2v) is 4.84. The number of nitriles is 1. The van der Waals surface area contributed by atoms with Crippen LogP contribution in [-0.2, 0) is 0 Å². The summed E-state index contributed by atoms with van der Waals surface area (Å²) in [5.74, 6) is 0.580. The molecule has 21 heavy (non-hydrogen) atoms. The van der Waals surface area contributed by atoms with Crippen molar-refractivity contribution < 1.29 is 4.42 Å². The number of benzene rings is 3. The van der Waals surface area contributed by atoms with Gasteiger partial charge in [0.05, 0.1) is 11.6 Å². The topological polar surface area (TPSA) is 49.8 Å². The van der Waals surface area contributed by atoms with Crippen molar-refractivity contribution in [3.05, 3.63) is 66.2 Å². The number of oxazole rings is 1. The molecule has 0 amide bonds. The lowest BCUT2D eigenvalue weighted by Crippen LogP contribution is -1.80. The highest BCUT2D eigenvalue weighted by molar-refractivity contribution is 5.95. The summed E-state index contributed by atoms with van der Waals surface area (Å²) < 4.78 is 5.84. The summed E-state index contributed by atoms with van der Waals surface area (Å²) in [4.78, 5) is 4.52. The van der Waals surface area contributed by atoms with Gasteiger partial charge in [-0.15, -0.1) is 0 Å². The minimum absolute atomic E-state index is 0.580. The lowest BCUT2D eigenvalue weighted by molar-refractivity contribution is 0.620. The van der Waals surface area contributed by atoms with Crippen molar-refractivity contribution in [3.8, 4) is 17.5 Å². The molecule has 0 fully saturated rings. The van der Waals surface area contributed by atoms with Crippen molar-refractivity contribution >= 4 is 21.9 Å². The lowest BCUT2D eigenvalue weighted by atomic mass is 10.0. The molecule has 3 nitrogen and oxygen atoms in total. The molecular weight excluding hydrogens is 260 g/mol. The Kier molecular flexibility index (Phi) is 2.48. The average molecular weight is 270 g/mol. The van der Waals surface area contributed by atoms with Crippen molar-refractivity contribution in [1.82, 2.24) is 4.98 Å². The zero-order chi connectivity index (χ0) is 14.2. The van der Waals surface area contributed by atoms with Gasteiger partial charge in [-0.05, 0) is 35.0 Å². The molecule has 0 bridgehead atoms. The molecule has 3 aromatic carbocycles. The summed E-state index contributed by atoms with van der Waals surface area (Å²) in [6, 6.07) is 21.6. The third-order valence-corrected chi connectivity index (χ3v) is 3.54. The molecule has 0 spiro atoms. The Balaban J connectivity index is 1.98. The fraction of sp³-hybridized carbons (Fsp3) is 0. The van der Waals surface area contributed by atoms with Crippen LogP contribution >= 0.6 is 0 Å². The third kappa shape index (κ3) is 1.86. The number of nitrogens with zero attached hydrogens (tertiary/aromatic N) is 2. The van der Waals surface area contributed by atoms with Gasteiger partial charge < -0.3 is 4.42 Å². The van der Waals surface area contributed by atoms with E-state index in [9.17, 15) is 0 Å². The van der Waals surface area contributed by atoms with E-state index in [1.165, 1.54) is 0 Å². The van der Waals surface area contributed by atoms with Gasteiger partial charge in [-0.25, -0.2) is 4.98 Å². The van der Waals surface area contributed by atoms with E-state index in [1.807, 2.05) is 24.3 Å². The minimum Gasteiger partial charge on any atom is -0.436 e. The second-order valence-electron chi connectivity index (χ2n) is 4.84. The summed E-state index contributed by atoms with van der Waals surface area (Å²) in [6.07, 6.45) is 0. The van der Waals surface area contributed by atoms with Crippen LogP contribution in [0.15, 0.2) is 65.1 Å².